The van der Waals surface area contributed by atoms with Gasteiger partial charge in [0.1, 0.15) is 5.54 Å². The molecule has 4 N–H and O–H groups in total. The Balaban J connectivity index is 0.000001000. The lowest BCUT2D eigenvalue weighted by Crippen LogP contribution is -2.58. The second-order valence-electron chi connectivity index (χ2n) is 2.92. The maximum atomic E-state index is 10.4. The fourth-order valence-corrected chi connectivity index (χ4v) is 1.27. The zero-order valence-corrected chi connectivity index (χ0v) is 6.80. The molecular weight excluding hydrogens is 170 g/mol. The van der Waals surface area contributed by atoms with Gasteiger partial charge in [0.05, 0.1) is 0 Å². The molecule has 4 nitrogen and oxygen atoms in total. The molecule has 1 saturated carbocycles. The Labute approximate surface area is 70.8 Å². The van der Waals surface area contributed by atoms with Gasteiger partial charge in [0, 0.05) is 6.61 Å². The van der Waals surface area contributed by atoms with E-state index in [2.05, 4.69) is 0 Å². The number of aliphatic hydroxyl groups is 1. The Kier molecular flexibility index (Phi) is 3.29. The molecule has 1 fully saturated rings. The zero-order valence-electron chi connectivity index (χ0n) is 5.99. The van der Waals surface area contributed by atoms with Crippen LogP contribution < -0.4 is 5.73 Å². The molecule has 1 rings (SSSR count). The molecule has 0 saturated heterocycles. The molecule has 1 aliphatic carbocycles. The van der Waals surface area contributed by atoms with E-state index in [9.17, 15) is 4.79 Å². The first-order chi connectivity index (χ1) is 4.58. The molecule has 0 aromatic heterocycles. The van der Waals surface area contributed by atoms with E-state index in [4.69, 9.17) is 15.9 Å². The average molecular weight is 182 g/mol. The van der Waals surface area contributed by atoms with Gasteiger partial charge in [0.25, 0.3) is 0 Å². The fourth-order valence-electron chi connectivity index (χ4n) is 1.27. The van der Waals surface area contributed by atoms with Crippen molar-refractivity contribution in [2.24, 2.45) is 11.7 Å². The largest absolute Gasteiger partial charge is 0.480 e. The van der Waals surface area contributed by atoms with E-state index in [-0.39, 0.29) is 24.9 Å². The predicted molar refractivity (Wildman–Crippen MR) is 41.6 cm³/mol. The highest BCUT2D eigenvalue weighted by molar-refractivity contribution is 5.85. The lowest BCUT2D eigenvalue weighted by molar-refractivity contribution is -0.149. The number of hydrogen-bond acceptors (Lipinski definition) is 3. The summed E-state index contributed by atoms with van der Waals surface area (Å²) in [6.45, 7) is 0.0478. The van der Waals surface area contributed by atoms with Crippen LogP contribution >= 0.6 is 12.4 Å². The Morgan fingerprint density at radius 3 is 2.36 bits per heavy atom. The second kappa shape index (κ2) is 3.38. The Morgan fingerprint density at radius 1 is 1.64 bits per heavy atom. The molecular formula is C6H12ClNO3. The van der Waals surface area contributed by atoms with Gasteiger partial charge in [-0.1, -0.05) is 0 Å². The summed E-state index contributed by atoms with van der Waals surface area (Å²) in [5.74, 6) is -0.863. The standard InChI is InChI=1S/C6H11NO3.ClH/c7-6(5(9)10)1-4(2-6)3-8;/h4,8H,1-3,7H2,(H,9,10);1H. The molecule has 0 spiro atoms. The molecule has 0 unspecified atom stereocenters. The maximum absolute atomic E-state index is 10.4. The molecule has 0 atom stereocenters. The number of carboxylic acid groups (broad SMARTS) is 1. The van der Waals surface area contributed by atoms with Crippen molar-refractivity contribution < 1.29 is 15.0 Å². The van der Waals surface area contributed by atoms with Crippen LogP contribution in [0.5, 0.6) is 0 Å². The summed E-state index contributed by atoms with van der Waals surface area (Å²) in [5.41, 5.74) is 4.35. The summed E-state index contributed by atoms with van der Waals surface area (Å²) in [7, 11) is 0. The summed E-state index contributed by atoms with van der Waals surface area (Å²) < 4.78 is 0. The van der Waals surface area contributed by atoms with Gasteiger partial charge in [-0.3, -0.25) is 4.79 Å². The number of carboxylic acids is 1. The van der Waals surface area contributed by atoms with Crippen molar-refractivity contribution in [3.8, 4) is 0 Å². The van der Waals surface area contributed by atoms with E-state index in [0.29, 0.717) is 12.8 Å². The van der Waals surface area contributed by atoms with E-state index in [0.717, 1.165) is 0 Å². The molecule has 66 valence electrons. The number of nitrogens with two attached hydrogens (primary N) is 1. The topological polar surface area (TPSA) is 83.6 Å². The SMILES string of the molecule is Cl.NC1(C(=O)O)CC(CO)C1. The first-order valence-electron chi connectivity index (χ1n) is 3.21. The van der Waals surface area contributed by atoms with Crippen molar-refractivity contribution in [1.29, 1.82) is 0 Å². The molecule has 5 heteroatoms. The molecule has 0 bridgehead atoms. The third kappa shape index (κ3) is 1.83. The first-order valence-corrected chi connectivity index (χ1v) is 3.21. The highest BCUT2D eigenvalue weighted by Gasteiger charge is 2.46. The van der Waals surface area contributed by atoms with Crippen molar-refractivity contribution in [3.63, 3.8) is 0 Å². The lowest BCUT2D eigenvalue weighted by Gasteiger charge is -2.40. The van der Waals surface area contributed by atoms with Gasteiger partial charge in [-0.05, 0) is 18.8 Å². The third-order valence-electron chi connectivity index (χ3n) is 1.99. The van der Waals surface area contributed by atoms with Gasteiger partial charge in [-0.25, -0.2) is 0 Å². The van der Waals surface area contributed by atoms with Crippen LogP contribution in [0.15, 0.2) is 0 Å². The minimum atomic E-state index is -1.05. The molecule has 0 radical (unpaired) electrons. The first kappa shape index (κ1) is 10.7. The van der Waals surface area contributed by atoms with Crippen LogP contribution in [0.4, 0.5) is 0 Å². The number of rotatable bonds is 2. The minimum absolute atomic E-state index is 0. The highest BCUT2D eigenvalue weighted by atomic mass is 35.5. The smallest absolute Gasteiger partial charge is 0.323 e. The van der Waals surface area contributed by atoms with Crippen LogP contribution in [0.3, 0.4) is 0 Å². The normalized spacial score (nSPS) is 35.3. The Bertz CT molecular complexity index is 156. The minimum Gasteiger partial charge on any atom is -0.480 e. The van der Waals surface area contributed by atoms with Crippen molar-refractivity contribution in [2.45, 2.75) is 18.4 Å². The van der Waals surface area contributed by atoms with Gasteiger partial charge in [0.2, 0.25) is 0 Å². The number of carbonyl (C=O) groups is 1. The van der Waals surface area contributed by atoms with Gasteiger partial charge in [0.15, 0.2) is 0 Å². The van der Waals surface area contributed by atoms with Gasteiger partial charge in [-0.2, -0.15) is 0 Å². The molecule has 0 aromatic rings. The van der Waals surface area contributed by atoms with Crippen molar-refractivity contribution >= 4 is 18.4 Å². The molecule has 11 heavy (non-hydrogen) atoms. The summed E-state index contributed by atoms with van der Waals surface area (Å²) in [4.78, 5) is 10.4. The van der Waals surface area contributed by atoms with Gasteiger partial charge in [-0.15, -0.1) is 12.4 Å². The quantitative estimate of drug-likeness (QED) is 0.541. The summed E-state index contributed by atoms with van der Waals surface area (Å²) in [5, 5.41) is 17.1. The summed E-state index contributed by atoms with van der Waals surface area (Å²) >= 11 is 0. The average Bonchev–Trinajstić information content (AvgIpc) is 1.80. The van der Waals surface area contributed by atoms with Gasteiger partial charge < -0.3 is 15.9 Å². The summed E-state index contributed by atoms with van der Waals surface area (Å²) in [6, 6.07) is 0. The Morgan fingerprint density at radius 2 is 2.09 bits per heavy atom. The molecule has 1 aliphatic rings. The third-order valence-corrected chi connectivity index (χ3v) is 1.99. The van der Waals surface area contributed by atoms with Gasteiger partial charge >= 0.3 is 5.97 Å². The van der Waals surface area contributed by atoms with E-state index in [1.165, 1.54) is 0 Å². The monoisotopic (exact) mass is 181 g/mol. The molecule has 0 amide bonds. The lowest BCUT2D eigenvalue weighted by atomic mass is 9.69. The number of halogens is 1. The maximum Gasteiger partial charge on any atom is 0.323 e. The van der Waals surface area contributed by atoms with E-state index in [1.807, 2.05) is 0 Å². The second-order valence-corrected chi connectivity index (χ2v) is 2.92. The number of hydrogen-bond donors (Lipinski definition) is 3. The molecule has 0 heterocycles. The van der Waals surface area contributed by atoms with Crippen LogP contribution in [-0.2, 0) is 4.79 Å². The van der Waals surface area contributed by atoms with Crippen LogP contribution in [-0.4, -0.2) is 28.3 Å². The zero-order chi connectivity index (χ0) is 7.78. The van der Waals surface area contributed by atoms with Crippen LogP contribution in [0.2, 0.25) is 0 Å². The molecule has 0 aromatic carbocycles. The predicted octanol–water partition coefficient (Wildman–Crippen LogP) is -0.407. The molecule has 0 aliphatic heterocycles. The van der Waals surface area contributed by atoms with E-state index < -0.39 is 11.5 Å². The fraction of sp³-hybridized carbons (Fsp3) is 0.833. The van der Waals surface area contributed by atoms with Crippen LogP contribution in [0, 0.1) is 5.92 Å². The number of aliphatic carboxylic acids is 1. The number of aliphatic hydroxyl groups excluding tert-OH is 1. The van der Waals surface area contributed by atoms with Crippen molar-refractivity contribution in [3.05, 3.63) is 0 Å². The Hall–Kier alpha value is -0.320. The summed E-state index contributed by atoms with van der Waals surface area (Å²) in [6.07, 6.45) is 0.803. The van der Waals surface area contributed by atoms with Crippen molar-refractivity contribution in [1.82, 2.24) is 0 Å². The highest BCUT2D eigenvalue weighted by Crippen LogP contribution is 2.35. The van der Waals surface area contributed by atoms with E-state index >= 15 is 0 Å². The van der Waals surface area contributed by atoms with Crippen LogP contribution in [0.1, 0.15) is 12.8 Å². The van der Waals surface area contributed by atoms with E-state index in [1.54, 1.807) is 0 Å². The van der Waals surface area contributed by atoms with Crippen LogP contribution in [0.25, 0.3) is 0 Å². The van der Waals surface area contributed by atoms with Crippen molar-refractivity contribution in [2.75, 3.05) is 6.61 Å².